The molecule has 1 aliphatic rings. The predicted octanol–water partition coefficient (Wildman–Crippen LogP) is 2.55. The molecule has 1 atom stereocenters. The third-order valence-corrected chi connectivity index (χ3v) is 3.35. The number of carboxylic acid groups (broad SMARTS) is 1. The van der Waals surface area contributed by atoms with Gasteiger partial charge in [-0.25, -0.2) is 0 Å². The Morgan fingerprint density at radius 3 is 2.88 bits per heavy atom. The summed E-state index contributed by atoms with van der Waals surface area (Å²) in [6.07, 6.45) is 0.745. The van der Waals surface area contributed by atoms with Gasteiger partial charge >= 0.3 is 5.97 Å². The molecule has 0 amide bonds. The number of carbonyl (C=O) groups is 1. The number of hydrogen-bond acceptors (Lipinski definition) is 2. The Morgan fingerprint density at radius 1 is 1.53 bits per heavy atom. The van der Waals surface area contributed by atoms with Crippen molar-refractivity contribution in [3.05, 3.63) is 34.3 Å². The van der Waals surface area contributed by atoms with Crippen LogP contribution in [0.4, 0.5) is 0 Å². The molecular weight excluding hydrogens is 238 g/mol. The second-order valence-electron chi connectivity index (χ2n) is 4.70. The van der Waals surface area contributed by atoms with Crippen molar-refractivity contribution in [1.82, 2.24) is 4.90 Å². The topological polar surface area (TPSA) is 40.5 Å². The number of carboxylic acids is 1. The number of nitrogens with zero attached hydrogens (tertiary/aromatic N) is 1. The lowest BCUT2D eigenvalue weighted by molar-refractivity contribution is -0.141. The zero-order valence-corrected chi connectivity index (χ0v) is 10.6. The van der Waals surface area contributed by atoms with Crippen LogP contribution in [0, 0.1) is 12.8 Å². The minimum Gasteiger partial charge on any atom is -0.481 e. The van der Waals surface area contributed by atoms with Gasteiger partial charge in [0.2, 0.25) is 0 Å². The SMILES string of the molecule is Cc1cc(Cl)cc(CN2CCC(C(=O)O)C2)c1. The van der Waals surface area contributed by atoms with Crippen molar-refractivity contribution in [2.24, 2.45) is 5.92 Å². The van der Waals surface area contributed by atoms with E-state index in [1.165, 1.54) is 0 Å². The molecule has 1 aromatic rings. The van der Waals surface area contributed by atoms with Crippen LogP contribution in [0.15, 0.2) is 18.2 Å². The second-order valence-corrected chi connectivity index (χ2v) is 5.13. The minimum absolute atomic E-state index is 0.213. The summed E-state index contributed by atoms with van der Waals surface area (Å²) in [5.41, 5.74) is 2.29. The maximum atomic E-state index is 10.9. The normalized spacial score (nSPS) is 20.7. The predicted molar refractivity (Wildman–Crippen MR) is 67.2 cm³/mol. The van der Waals surface area contributed by atoms with E-state index in [1.807, 2.05) is 19.1 Å². The van der Waals surface area contributed by atoms with Crippen LogP contribution in [-0.2, 0) is 11.3 Å². The zero-order chi connectivity index (χ0) is 12.4. The molecule has 3 nitrogen and oxygen atoms in total. The Labute approximate surface area is 106 Å². The first-order chi connectivity index (χ1) is 8.04. The van der Waals surface area contributed by atoms with Crippen LogP contribution >= 0.6 is 11.6 Å². The van der Waals surface area contributed by atoms with Crippen LogP contribution in [-0.4, -0.2) is 29.1 Å². The summed E-state index contributed by atoms with van der Waals surface area (Å²) >= 11 is 6.00. The van der Waals surface area contributed by atoms with Crippen LogP contribution in [0.3, 0.4) is 0 Å². The summed E-state index contributed by atoms with van der Waals surface area (Å²) in [6.45, 7) is 4.29. The smallest absolute Gasteiger partial charge is 0.307 e. The Balaban J connectivity index is 2.00. The first kappa shape index (κ1) is 12.4. The second kappa shape index (κ2) is 5.07. The van der Waals surface area contributed by atoms with E-state index in [0.717, 1.165) is 35.7 Å². The fraction of sp³-hybridized carbons (Fsp3) is 0.462. The average molecular weight is 254 g/mol. The molecule has 1 aromatic carbocycles. The largest absolute Gasteiger partial charge is 0.481 e. The lowest BCUT2D eigenvalue weighted by Gasteiger charge is -2.15. The maximum Gasteiger partial charge on any atom is 0.307 e. The molecule has 0 radical (unpaired) electrons. The Bertz CT molecular complexity index is 413. The molecule has 17 heavy (non-hydrogen) atoms. The highest BCUT2D eigenvalue weighted by atomic mass is 35.5. The molecule has 92 valence electrons. The molecule has 1 saturated heterocycles. The van der Waals surface area contributed by atoms with E-state index in [1.54, 1.807) is 0 Å². The molecule has 0 aliphatic carbocycles. The highest BCUT2D eigenvalue weighted by Gasteiger charge is 2.27. The van der Waals surface area contributed by atoms with Gasteiger partial charge in [0, 0.05) is 18.1 Å². The molecule has 1 unspecified atom stereocenters. The lowest BCUT2D eigenvalue weighted by atomic mass is 10.1. The number of halogens is 1. The first-order valence-electron chi connectivity index (χ1n) is 5.76. The number of aliphatic carboxylic acids is 1. The van der Waals surface area contributed by atoms with Crippen LogP contribution in [0.1, 0.15) is 17.5 Å². The molecule has 0 aromatic heterocycles. The summed E-state index contributed by atoms with van der Waals surface area (Å²) in [5.74, 6) is -0.898. The van der Waals surface area contributed by atoms with Crippen molar-refractivity contribution in [3.8, 4) is 0 Å². The quantitative estimate of drug-likeness (QED) is 0.900. The fourth-order valence-corrected chi connectivity index (χ4v) is 2.65. The van der Waals surface area contributed by atoms with E-state index in [2.05, 4.69) is 11.0 Å². The van der Waals surface area contributed by atoms with Crippen molar-refractivity contribution in [2.75, 3.05) is 13.1 Å². The third-order valence-electron chi connectivity index (χ3n) is 3.13. The van der Waals surface area contributed by atoms with E-state index in [0.29, 0.717) is 6.54 Å². The van der Waals surface area contributed by atoms with Gasteiger partial charge in [-0.05, 0) is 43.1 Å². The van der Waals surface area contributed by atoms with Crippen LogP contribution in [0.2, 0.25) is 5.02 Å². The van der Waals surface area contributed by atoms with Crippen LogP contribution in [0.5, 0.6) is 0 Å². The highest BCUT2D eigenvalue weighted by Crippen LogP contribution is 2.21. The van der Waals surface area contributed by atoms with Crippen molar-refractivity contribution >= 4 is 17.6 Å². The van der Waals surface area contributed by atoms with E-state index < -0.39 is 5.97 Å². The monoisotopic (exact) mass is 253 g/mol. The molecule has 0 saturated carbocycles. The number of benzene rings is 1. The van der Waals surface area contributed by atoms with Gasteiger partial charge in [-0.2, -0.15) is 0 Å². The summed E-state index contributed by atoms with van der Waals surface area (Å²) in [4.78, 5) is 13.0. The zero-order valence-electron chi connectivity index (χ0n) is 9.82. The van der Waals surface area contributed by atoms with Crippen molar-refractivity contribution in [3.63, 3.8) is 0 Å². The molecule has 1 aliphatic heterocycles. The highest BCUT2D eigenvalue weighted by molar-refractivity contribution is 6.30. The first-order valence-corrected chi connectivity index (χ1v) is 6.13. The number of likely N-dealkylation sites (tertiary alicyclic amines) is 1. The van der Waals surface area contributed by atoms with E-state index in [-0.39, 0.29) is 5.92 Å². The Kier molecular flexibility index (Phi) is 3.69. The number of rotatable bonds is 3. The van der Waals surface area contributed by atoms with Gasteiger partial charge in [0.25, 0.3) is 0 Å². The van der Waals surface area contributed by atoms with E-state index in [9.17, 15) is 4.79 Å². The summed E-state index contributed by atoms with van der Waals surface area (Å²) in [6, 6.07) is 5.97. The summed E-state index contributed by atoms with van der Waals surface area (Å²) in [7, 11) is 0. The molecule has 0 bridgehead atoms. The maximum absolute atomic E-state index is 10.9. The Hall–Kier alpha value is -1.06. The molecule has 1 fully saturated rings. The fourth-order valence-electron chi connectivity index (χ4n) is 2.34. The lowest BCUT2D eigenvalue weighted by Crippen LogP contribution is -2.22. The molecular formula is C13H16ClNO2. The Morgan fingerprint density at radius 2 is 2.29 bits per heavy atom. The van der Waals surface area contributed by atoms with Gasteiger partial charge in [0.05, 0.1) is 5.92 Å². The number of hydrogen-bond donors (Lipinski definition) is 1. The van der Waals surface area contributed by atoms with Gasteiger partial charge in [-0.1, -0.05) is 17.7 Å². The molecule has 1 heterocycles. The van der Waals surface area contributed by atoms with Crippen molar-refractivity contribution < 1.29 is 9.90 Å². The van der Waals surface area contributed by atoms with Crippen molar-refractivity contribution in [1.29, 1.82) is 0 Å². The van der Waals surface area contributed by atoms with Gasteiger partial charge < -0.3 is 5.11 Å². The minimum atomic E-state index is -0.685. The molecule has 1 N–H and O–H groups in total. The van der Waals surface area contributed by atoms with Gasteiger partial charge in [0.15, 0.2) is 0 Å². The van der Waals surface area contributed by atoms with Crippen molar-refractivity contribution in [2.45, 2.75) is 19.9 Å². The van der Waals surface area contributed by atoms with Crippen LogP contribution in [0.25, 0.3) is 0 Å². The van der Waals surface area contributed by atoms with E-state index >= 15 is 0 Å². The molecule has 2 rings (SSSR count). The van der Waals surface area contributed by atoms with Gasteiger partial charge in [0.1, 0.15) is 0 Å². The molecule has 0 spiro atoms. The third kappa shape index (κ3) is 3.20. The molecule has 4 heteroatoms. The van der Waals surface area contributed by atoms with E-state index in [4.69, 9.17) is 16.7 Å². The van der Waals surface area contributed by atoms with Gasteiger partial charge in [-0.15, -0.1) is 0 Å². The van der Waals surface area contributed by atoms with Crippen LogP contribution < -0.4 is 0 Å². The summed E-state index contributed by atoms with van der Waals surface area (Å²) < 4.78 is 0. The average Bonchev–Trinajstić information content (AvgIpc) is 2.64. The summed E-state index contributed by atoms with van der Waals surface area (Å²) in [5, 5.41) is 9.68. The van der Waals surface area contributed by atoms with Gasteiger partial charge in [-0.3, -0.25) is 9.69 Å². The standard InChI is InChI=1S/C13H16ClNO2/c1-9-4-10(6-12(14)5-9)7-15-3-2-11(8-15)13(16)17/h4-6,11H,2-3,7-8H2,1H3,(H,16,17). The number of aryl methyl sites for hydroxylation is 1.